The second kappa shape index (κ2) is 8.43. The number of para-hydroxylation sites is 1. The van der Waals surface area contributed by atoms with Crippen LogP contribution in [0.4, 0.5) is 5.82 Å². The molecule has 0 spiro atoms. The zero-order valence-electron chi connectivity index (χ0n) is 17.9. The van der Waals surface area contributed by atoms with Crippen LogP contribution in [0.15, 0.2) is 52.9 Å². The summed E-state index contributed by atoms with van der Waals surface area (Å²) in [5.41, 5.74) is 10.6. The molecule has 0 unspecified atom stereocenters. The number of aromatic nitrogens is 2. The van der Waals surface area contributed by atoms with E-state index in [1.165, 1.54) is 5.56 Å². The molecule has 162 valence electrons. The third kappa shape index (κ3) is 3.71. The standard InChI is InChI=1S/C25H25N5O2/c1-15-21(18-8-5-9-19(23(26)31)22(18)32-15)25-29-20-11-13-27-12-10-17(20)24(30-25)28-14-16-6-3-2-4-7-16/h2-9,27H,10-14H2,1H3,(H2,26,31)(H,28,29,30). The van der Waals surface area contributed by atoms with Crippen molar-refractivity contribution in [1.29, 1.82) is 0 Å². The Morgan fingerprint density at radius 1 is 1.09 bits per heavy atom. The average molecular weight is 428 g/mol. The average Bonchev–Trinajstić information content (AvgIpc) is 2.96. The summed E-state index contributed by atoms with van der Waals surface area (Å²) < 4.78 is 5.97. The first-order chi connectivity index (χ1) is 15.6. The van der Waals surface area contributed by atoms with Crippen molar-refractivity contribution >= 4 is 22.7 Å². The van der Waals surface area contributed by atoms with Gasteiger partial charge in [0.2, 0.25) is 0 Å². The van der Waals surface area contributed by atoms with Crippen LogP contribution >= 0.6 is 0 Å². The molecule has 0 saturated heterocycles. The van der Waals surface area contributed by atoms with Crippen molar-refractivity contribution in [2.75, 3.05) is 18.4 Å². The lowest BCUT2D eigenvalue weighted by molar-refractivity contribution is 0.100. The monoisotopic (exact) mass is 427 g/mol. The Hall–Kier alpha value is -3.71. The van der Waals surface area contributed by atoms with E-state index in [1.54, 1.807) is 6.07 Å². The predicted octanol–water partition coefficient (Wildman–Crippen LogP) is 3.60. The Labute approximate surface area is 186 Å². The highest BCUT2D eigenvalue weighted by atomic mass is 16.3. The molecule has 0 radical (unpaired) electrons. The van der Waals surface area contributed by atoms with E-state index in [-0.39, 0.29) is 0 Å². The first-order valence-electron chi connectivity index (χ1n) is 10.8. The number of nitrogens with one attached hydrogen (secondary N) is 2. The van der Waals surface area contributed by atoms with Gasteiger partial charge in [0.05, 0.1) is 16.8 Å². The number of benzene rings is 2. The second-order valence-corrected chi connectivity index (χ2v) is 7.99. The molecule has 0 aliphatic carbocycles. The number of fused-ring (bicyclic) bond motifs is 2. The highest BCUT2D eigenvalue weighted by Gasteiger charge is 2.23. The van der Waals surface area contributed by atoms with E-state index < -0.39 is 5.91 Å². The Morgan fingerprint density at radius 2 is 1.91 bits per heavy atom. The first kappa shape index (κ1) is 20.2. The quantitative estimate of drug-likeness (QED) is 0.449. The van der Waals surface area contributed by atoms with Gasteiger partial charge in [0, 0.05) is 30.5 Å². The second-order valence-electron chi connectivity index (χ2n) is 7.99. The van der Waals surface area contributed by atoms with Gasteiger partial charge in [-0.25, -0.2) is 9.97 Å². The lowest BCUT2D eigenvalue weighted by atomic mass is 10.0. The van der Waals surface area contributed by atoms with Gasteiger partial charge >= 0.3 is 0 Å². The summed E-state index contributed by atoms with van der Waals surface area (Å²) in [7, 11) is 0. The summed E-state index contributed by atoms with van der Waals surface area (Å²) in [5, 5.41) is 7.77. The lowest BCUT2D eigenvalue weighted by Crippen LogP contribution is -2.16. The number of hydrogen-bond donors (Lipinski definition) is 3. The SMILES string of the molecule is Cc1oc2c(C(N)=O)cccc2c1-c1nc2c(c(NCc3ccccc3)n1)CCNCC2. The van der Waals surface area contributed by atoms with Crippen molar-refractivity contribution in [3.05, 3.63) is 76.7 Å². The molecule has 3 heterocycles. The zero-order valence-corrected chi connectivity index (χ0v) is 17.9. The molecule has 0 saturated carbocycles. The number of aryl methyl sites for hydroxylation is 1. The topological polar surface area (TPSA) is 106 Å². The number of nitrogens with two attached hydrogens (primary N) is 1. The molecule has 2 aromatic carbocycles. The van der Waals surface area contributed by atoms with Crippen LogP contribution in [-0.4, -0.2) is 29.0 Å². The Kier molecular flexibility index (Phi) is 5.33. The highest BCUT2D eigenvalue weighted by molar-refractivity contribution is 6.07. The zero-order chi connectivity index (χ0) is 22.1. The minimum atomic E-state index is -0.518. The van der Waals surface area contributed by atoms with Crippen molar-refractivity contribution in [2.45, 2.75) is 26.3 Å². The fourth-order valence-electron chi connectivity index (χ4n) is 4.29. The minimum Gasteiger partial charge on any atom is -0.460 e. The first-order valence-corrected chi connectivity index (χ1v) is 10.8. The number of amides is 1. The van der Waals surface area contributed by atoms with Gasteiger partial charge in [-0.3, -0.25) is 4.79 Å². The lowest BCUT2D eigenvalue weighted by Gasteiger charge is -2.15. The number of hydrogen-bond acceptors (Lipinski definition) is 6. The van der Waals surface area contributed by atoms with Crippen LogP contribution in [0.3, 0.4) is 0 Å². The van der Waals surface area contributed by atoms with Gasteiger partial charge in [-0.1, -0.05) is 42.5 Å². The molecular formula is C25H25N5O2. The summed E-state index contributed by atoms with van der Waals surface area (Å²) in [5.74, 6) is 1.58. The smallest absolute Gasteiger partial charge is 0.252 e. The summed E-state index contributed by atoms with van der Waals surface area (Å²) in [4.78, 5) is 21.8. The largest absolute Gasteiger partial charge is 0.460 e. The molecule has 1 aliphatic heterocycles. The molecule has 0 fully saturated rings. The van der Waals surface area contributed by atoms with Crippen LogP contribution < -0.4 is 16.4 Å². The fourth-order valence-corrected chi connectivity index (χ4v) is 4.29. The highest BCUT2D eigenvalue weighted by Crippen LogP contribution is 2.36. The maximum Gasteiger partial charge on any atom is 0.252 e. The van der Waals surface area contributed by atoms with E-state index in [9.17, 15) is 4.79 Å². The van der Waals surface area contributed by atoms with E-state index in [1.807, 2.05) is 37.3 Å². The Bertz CT molecular complexity index is 1300. The molecule has 2 aromatic heterocycles. The van der Waals surface area contributed by atoms with E-state index in [4.69, 9.17) is 20.1 Å². The van der Waals surface area contributed by atoms with Crippen LogP contribution in [0.2, 0.25) is 0 Å². The number of anilines is 1. The van der Waals surface area contributed by atoms with Gasteiger partial charge in [0.1, 0.15) is 17.2 Å². The molecule has 0 atom stereocenters. The molecule has 32 heavy (non-hydrogen) atoms. The number of nitrogens with zero attached hydrogens (tertiary/aromatic N) is 2. The van der Waals surface area contributed by atoms with Crippen LogP contribution in [0.25, 0.3) is 22.4 Å². The minimum absolute atomic E-state index is 0.359. The number of furan rings is 1. The predicted molar refractivity (Wildman–Crippen MR) is 125 cm³/mol. The number of rotatable bonds is 5. The number of primary amides is 1. The van der Waals surface area contributed by atoms with Crippen LogP contribution in [0.1, 0.15) is 32.9 Å². The maximum atomic E-state index is 11.9. The third-order valence-electron chi connectivity index (χ3n) is 5.87. The molecule has 4 aromatic rings. The molecule has 0 bridgehead atoms. The van der Waals surface area contributed by atoms with Crippen molar-refractivity contribution in [3.63, 3.8) is 0 Å². The van der Waals surface area contributed by atoms with E-state index in [2.05, 4.69) is 22.8 Å². The van der Waals surface area contributed by atoms with E-state index in [0.717, 1.165) is 54.0 Å². The van der Waals surface area contributed by atoms with Crippen LogP contribution in [-0.2, 0) is 19.4 Å². The molecule has 1 aliphatic rings. The van der Waals surface area contributed by atoms with Gasteiger partial charge < -0.3 is 20.8 Å². The van der Waals surface area contributed by atoms with Crippen molar-refractivity contribution in [2.24, 2.45) is 5.73 Å². The molecule has 4 N–H and O–H groups in total. The van der Waals surface area contributed by atoms with Gasteiger partial charge in [0.15, 0.2) is 5.82 Å². The molecule has 7 heteroatoms. The number of carbonyl (C=O) groups is 1. The summed E-state index contributed by atoms with van der Waals surface area (Å²) in [6, 6.07) is 15.7. The Morgan fingerprint density at radius 3 is 2.72 bits per heavy atom. The van der Waals surface area contributed by atoms with Gasteiger partial charge in [-0.2, -0.15) is 0 Å². The molecule has 1 amide bonds. The molecular weight excluding hydrogens is 402 g/mol. The normalized spacial score (nSPS) is 13.5. The van der Waals surface area contributed by atoms with Crippen molar-refractivity contribution < 1.29 is 9.21 Å². The fraction of sp³-hybridized carbons (Fsp3) is 0.240. The Balaban J connectivity index is 1.63. The van der Waals surface area contributed by atoms with Crippen molar-refractivity contribution in [1.82, 2.24) is 15.3 Å². The van der Waals surface area contributed by atoms with Crippen molar-refractivity contribution in [3.8, 4) is 11.4 Å². The van der Waals surface area contributed by atoms with Crippen LogP contribution in [0.5, 0.6) is 0 Å². The van der Waals surface area contributed by atoms with E-state index in [0.29, 0.717) is 29.3 Å². The maximum absolute atomic E-state index is 11.9. The van der Waals surface area contributed by atoms with E-state index >= 15 is 0 Å². The summed E-state index contributed by atoms with van der Waals surface area (Å²) >= 11 is 0. The van der Waals surface area contributed by atoms with Gasteiger partial charge in [0.25, 0.3) is 5.91 Å². The van der Waals surface area contributed by atoms with Gasteiger partial charge in [-0.15, -0.1) is 0 Å². The van der Waals surface area contributed by atoms with Gasteiger partial charge in [-0.05, 0) is 31.5 Å². The van der Waals surface area contributed by atoms with Crippen LogP contribution in [0, 0.1) is 6.92 Å². The summed E-state index contributed by atoms with van der Waals surface area (Å²) in [6.07, 6.45) is 1.69. The third-order valence-corrected chi connectivity index (χ3v) is 5.87. The summed E-state index contributed by atoms with van der Waals surface area (Å²) in [6.45, 7) is 4.31. The number of carbonyl (C=O) groups excluding carboxylic acids is 1. The molecule has 7 nitrogen and oxygen atoms in total. The molecule has 5 rings (SSSR count).